The minimum atomic E-state index is -4.10. The van der Waals surface area contributed by atoms with E-state index in [2.05, 4.69) is 14.7 Å². The van der Waals surface area contributed by atoms with Crippen LogP contribution in [0.1, 0.15) is 11.1 Å². The first-order valence-corrected chi connectivity index (χ1v) is 11.3. The van der Waals surface area contributed by atoms with Crippen LogP contribution in [0.4, 0.5) is 5.82 Å². The normalized spacial score (nSPS) is 12.9. The van der Waals surface area contributed by atoms with Crippen molar-refractivity contribution >= 4 is 50.6 Å². The Morgan fingerprint density at radius 3 is 2.83 bits per heavy atom. The Balaban J connectivity index is 1.58. The van der Waals surface area contributed by atoms with Crippen molar-refractivity contribution in [1.29, 1.82) is 0 Å². The molecule has 3 aromatic rings. The van der Waals surface area contributed by atoms with Crippen molar-refractivity contribution in [2.24, 2.45) is 0 Å². The summed E-state index contributed by atoms with van der Waals surface area (Å²) >= 11 is 17.9. The lowest BCUT2D eigenvalue weighted by Gasteiger charge is -2.13. The summed E-state index contributed by atoms with van der Waals surface area (Å²) < 4.78 is 39.1. The van der Waals surface area contributed by atoms with Crippen molar-refractivity contribution in [1.82, 2.24) is 9.97 Å². The van der Waals surface area contributed by atoms with Gasteiger partial charge in [-0.15, -0.1) is 0 Å². The molecule has 1 aromatic heterocycles. The van der Waals surface area contributed by atoms with Gasteiger partial charge in [0.2, 0.25) is 5.82 Å². The van der Waals surface area contributed by atoms with Gasteiger partial charge in [0.1, 0.15) is 17.3 Å². The highest BCUT2D eigenvalue weighted by Gasteiger charge is 2.23. The molecule has 0 fully saturated rings. The van der Waals surface area contributed by atoms with Gasteiger partial charge in [0.15, 0.2) is 5.15 Å². The smallest absolute Gasteiger partial charge is 0.264 e. The molecule has 4 rings (SSSR count). The predicted molar refractivity (Wildman–Crippen MR) is 114 cm³/mol. The highest BCUT2D eigenvalue weighted by molar-refractivity contribution is 7.92. The molecule has 2 aromatic carbocycles. The number of hydrogen-bond acceptors (Lipinski definition) is 6. The van der Waals surface area contributed by atoms with E-state index in [1.54, 1.807) is 0 Å². The molecular formula is C19H14Cl3N3O4S. The second-order valence-electron chi connectivity index (χ2n) is 6.33. The van der Waals surface area contributed by atoms with Crippen LogP contribution in [0.25, 0.3) is 0 Å². The van der Waals surface area contributed by atoms with Crippen LogP contribution in [0, 0.1) is 0 Å². The molecule has 0 atom stereocenters. The predicted octanol–water partition coefficient (Wildman–Crippen LogP) is 4.75. The highest BCUT2D eigenvalue weighted by atomic mass is 35.5. The van der Waals surface area contributed by atoms with E-state index in [1.807, 2.05) is 18.2 Å². The Bertz CT molecular complexity index is 1220. The van der Waals surface area contributed by atoms with Crippen molar-refractivity contribution in [3.63, 3.8) is 0 Å². The number of benzene rings is 2. The molecule has 7 nitrogen and oxygen atoms in total. The van der Waals surface area contributed by atoms with Gasteiger partial charge >= 0.3 is 0 Å². The number of ether oxygens (including phenoxy) is 2. The molecule has 0 saturated carbocycles. The number of sulfonamides is 1. The van der Waals surface area contributed by atoms with Crippen LogP contribution < -0.4 is 14.2 Å². The minimum Gasteiger partial charge on any atom is -0.493 e. The molecule has 2 heterocycles. The third kappa shape index (κ3) is 4.41. The molecule has 0 radical (unpaired) electrons. The molecule has 1 aliphatic rings. The van der Waals surface area contributed by atoms with Gasteiger partial charge in [-0.25, -0.2) is 13.4 Å². The number of fused-ring (bicyclic) bond motifs is 1. The zero-order chi connectivity index (χ0) is 21.3. The topological polar surface area (TPSA) is 90.4 Å². The van der Waals surface area contributed by atoms with Gasteiger partial charge in [-0.1, -0.05) is 46.9 Å². The molecule has 0 bridgehead atoms. The van der Waals surface area contributed by atoms with Crippen LogP contribution in [0.2, 0.25) is 15.2 Å². The Morgan fingerprint density at radius 2 is 2.00 bits per heavy atom. The van der Waals surface area contributed by atoms with Crippen molar-refractivity contribution in [3.05, 3.63) is 68.9 Å². The average molecular weight is 487 g/mol. The summed E-state index contributed by atoms with van der Waals surface area (Å²) in [6.45, 7) is 0.784. The van der Waals surface area contributed by atoms with Crippen molar-refractivity contribution in [2.75, 3.05) is 11.3 Å². The van der Waals surface area contributed by atoms with Gasteiger partial charge in [-0.2, -0.15) is 4.98 Å². The largest absolute Gasteiger partial charge is 0.493 e. The van der Waals surface area contributed by atoms with Crippen LogP contribution in [0.15, 0.2) is 47.5 Å². The van der Waals surface area contributed by atoms with Gasteiger partial charge < -0.3 is 9.47 Å². The molecule has 30 heavy (non-hydrogen) atoms. The maximum Gasteiger partial charge on any atom is 0.264 e. The number of nitrogens with zero attached hydrogens (tertiary/aromatic N) is 2. The Kier molecular flexibility index (Phi) is 5.92. The van der Waals surface area contributed by atoms with Crippen LogP contribution >= 0.6 is 34.8 Å². The van der Waals surface area contributed by atoms with E-state index in [9.17, 15) is 8.42 Å². The van der Waals surface area contributed by atoms with E-state index in [0.29, 0.717) is 6.61 Å². The maximum atomic E-state index is 12.8. The van der Waals surface area contributed by atoms with Gasteiger partial charge in [0.05, 0.1) is 22.8 Å². The molecule has 1 aliphatic heterocycles. The number of rotatable bonds is 6. The Hall–Kier alpha value is -2.26. The first-order valence-electron chi connectivity index (χ1n) is 8.70. The fourth-order valence-electron chi connectivity index (χ4n) is 2.88. The first-order chi connectivity index (χ1) is 14.3. The van der Waals surface area contributed by atoms with Gasteiger partial charge in [-0.3, -0.25) is 4.72 Å². The van der Waals surface area contributed by atoms with Crippen LogP contribution in [0.5, 0.6) is 11.6 Å². The van der Waals surface area contributed by atoms with E-state index < -0.39 is 10.0 Å². The van der Waals surface area contributed by atoms with Crippen molar-refractivity contribution in [3.8, 4) is 11.6 Å². The second kappa shape index (κ2) is 8.47. The van der Waals surface area contributed by atoms with Crippen LogP contribution in [-0.2, 0) is 23.1 Å². The SMILES string of the molecule is O=S(=O)(Nc1ncc(Cl)nc1OCc1ccc2c(c1)CCO2)c1cccc(Cl)c1Cl. The summed E-state index contributed by atoms with van der Waals surface area (Å²) in [6, 6.07) is 9.99. The lowest BCUT2D eigenvalue weighted by molar-refractivity contribution is 0.294. The summed E-state index contributed by atoms with van der Waals surface area (Å²) in [5.41, 5.74) is 1.96. The number of anilines is 1. The lowest BCUT2D eigenvalue weighted by atomic mass is 10.1. The summed E-state index contributed by atoms with van der Waals surface area (Å²) in [5, 5.41) is 0.0614. The summed E-state index contributed by atoms with van der Waals surface area (Å²) in [5.74, 6) is 0.661. The molecule has 0 spiro atoms. The zero-order valence-electron chi connectivity index (χ0n) is 15.2. The average Bonchev–Trinajstić information content (AvgIpc) is 3.18. The fraction of sp³-hybridized carbons (Fsp3) is 0.158. The number of nitrogens with one attached hydrogen (secondary N) is 1. The standard InChI is InChI=1S/C19H14Cl3N3O4S/c20-13-2-1-3-15(17(13)22)30(26,27)25-18-19(24-16(21)9-23-18)29-10-11-4-5-14-12(8-11)6-7-28-14/h1-5,8-9H,6-7,10H2,(H,23,25). The third-order valence-corrected chi connectivity index (χ3v) is 6.77. The first kappa shape index (κ1) is 21.0. The molecule has 11 heteroatoms. The zero-order valence-corrected chi connectivity index (χ0v) is 18.3. The van der Waals surface area contributed by atoms with Gasteiger partial charge in [-0.05, 0) is 35.4 Å². The van der Waals surface area contributed by atoms with E-state index in [0.717, 1.165) is 23.3 Å². The van der Waals surface area contributed by atoms with Crippen molar-refractivity contribution in [2.45, 2.75) is 17.9 Å². The monoisotopic (exact) mass is 485 g/mol. The Labute approximate surface area is 188 Å². The van der Waals surface area contributed by atoms with E-state index in [4.69, 9.17) is 44.3 Å². The second-order valence-corrected chi connectivity index (χ2v) is 9.16. The summed E-state index contributed by atoms with van der Waals surface area (Å²) in [6.07, 6.45) is 2.03. The number of halogens is 3. The van der Waals surface area contributed by atoms with Crippen LogP contribution in [0.3, 0.4) is 0 Å². The maximum absolute atomic E-state index is 12.8. The molecule has 1 N–H and O–H groups in total. The highest BCUT2D eigenvalue weighted by Crippen LogP contribution is 2.32. The number of hydrogen-bond donors (Lipinski definition) is 1. The van der Waals surface area contributed by atoms with Crippen molar-refractivity contribution < 1.29 is 17.9 Å². The minimum absolute atomic E-state index is 0.0519. The fourth-order valence-corrected chi connectivity index (χ4v) is 4.77. The van der Waals surface area contributed by atoms with Gasteiger partial charge in [0, 0.05) is 6.42 Å². The molecule has 0 aliphatic carbocycles. The summed E-state index contributed by atoms with van der Waals surface area (Å²) in [4.78, 5) is 7.86. The van der Waals surface area contributed by atoms with Crippen LogP contribution in [-0.4, -0.2) is 25.0 Å². The quantitative estimate of drug-likeness (QED) is 0.541. The molecule has 0 saturated heterocycles. The number of aromatic nitrogens is 2. The third-order valence-electron chi connectivity index (χ3n) is 4.28. The summed E-state index contributed by atoms with van der Waals surface area (Å²) in [7, 11) is -4.10. The van der Waals surface area contributed by atoms with E-state index >= 15 is 0 Å². The molecule has 156 valence electrons. The van der Waals surface area contributed by atoms with E-state index in [1.165, 1.54) is 24.4 Å². The Morgan fingerprint density at radius 1 is 1.17 bits per heavy atom. The molecule has 0 amide bonds. The molecular weight excluding hydrogens is 473 g/mol. The molecule has 0 unspecified atom stereocenters. The van der Waals surface area contributed by atoms with Gasteiger partial charge in [0.25, 0.3) is 15.9 Å². The lowest BCUT2D eigenvalue weighted by Crippen LogP contribution is -2.16. The van der Waals surface area contributed by atoms with E-state index in [-0.39, 0.29) is 38.4 Å².